The van der Waals surface area contributed by atoms with Gasteiger partial charge in [-0.3, -0.25) is 9.10 Å². The van der Waals surface area contributed by atoms with E-state index in [1.165, 1.54) is 23.0 Å². The van der Waals surface area contributed by atoms with Gasteiger partial charge in [0.15, 0.2) is 0 Å². The molecule has 3 aromatic rings. The number of nitrogens with zero attached hydrogens (tertiary/aromatic N) is 2. The number of hydrogen-bond acceptors (Lipinski definition) is 5. The molecule has 0 aliphatic heterocycles. The number of nitrogens with one attached hydrogen (secondary N) is 1. The smallest absolute Gasteiger partial charge is 0.271 e. The first kappa shape index (κ1) is 21.3. The van der Waals surface area contributed by atoms with E-state index < -0.39 is 10.0 Å². The molecule has 0 saturated heterocycles. The molecule has 156 valence electrons. The third kappa shape index (κ3) is 5.36. The van der Waals surface area contributed by atoms with Gasteiger partial charge in [0.25, 0.3) is 5.91 Å². The molecule has 2 aromatic carbocycles. The van der Waals surface area contributed by atoms with Crippen LogP contribution in [0.1, 0.15) is 32.8 Å². The first-order chi connectivity index (χ1) is 14.2. The van der Waals surface area contributed by atoms with Gasteiger partial charge >= 0.3 is 0 Å². The normalized spacial score (nSPS) is 11.6. The molecule has 0 spiro atoms. The second-order valence-corrected chi connectivity index (χ2v) is 8.86. The van der Waals surface area contributed by atoms with E-state index in [4.69, 9.17) is 4.42 Å². The molecular formula is C22H23N3O4S. The van der Waals surface area contributed by atoms with E-state index in [9.17, 15) is 13.2 Å². The number of hydrazone groups is 1. The average molecular weight is 426 g/mol. The number of carbonyl (C=O) groups is 1. The minimum atomic E-state index is -3.48. The maximum Gasteiger partial charge on any atom is 0.271 e. The highest BCUT2D eigenvalue weighted by molar-refractivity contribution is 7.92. The lowest BCUT2D eigenvalue weighted by molar-refractivity contribution is 0.0955. The van der Waals surface area contributed by atoms with Crippen LogP contribution in [0.3, 0.4) is 0 Å². The SMILES string of the molecule is Cc1ccc(N(Cc2ccc(C(=O)N/N=C\c3ccco3)cc2)S(C)(=O)=O)cc1C. The average Bonchev–Trinajstić information content (AvgIpc) is 3.21. The molecule has 8 heteroatoms. The Morgan fingerprint density at radius 2 is 1.83 bits per heavy atom. The van der Waals surface area contributed by atoms with E-state index in [2.05, 4.69) is 10.5 Å². The summed E-state index contributed by atoms with van der Waals surface area (Å²) in [6.45, 7) is 4.09. The molecule has 1 heterocycles. The predicted molar refractivity (Wildman–Crippen MR) is 117 cm³/mol. The number of rotatable bonds is 7. The number of benzene rings is 2. The van der Waals surface area contributed by atoms with Crippen molar-refractivity contribution in [3.05, 3.63) is 88.9 Å². The molecule has 0 unspecified atom stereocenters. The third-order valence-corrected chi connectivity index (χ3v) is 5.76. The van der Waals surface area contributed by atoms with Gasteiger partial charge in [-0.2, -0.15) is 5.10 Å². The monoisotopic (exact) mass is 425 g/mol. The molecule has 1 aromatic heterocycles. The Hall–Kier alpha value is -3.39. The Morgan fingerprint density at radius 3 is 2.43 bits per heavy atom. The van der Waals surface area contributed by atoms with Crippen LogP contribution in [0, 0.1) is 13.8 Å². The summed E-state index contributed by atoms with van der Waals surface area (Å²) < 4.78 is 31.2. The van der Waals surface area contributed by atoms with Gasteiger partial charge in [-0.25, -0.2) is 13.8 Å². The first-order valence-electron chi connectivity index (χ1n) is 9.25. The second kappa shape index (κ2) is 8.96. The summed E-state index contributed by atoms with van der Waals surface area (Å²) in [6, 6.07) is 15.7. The van der Waals surface area contributed by atoms with Crippen molar-refractivity contribution in [2.75, 3.05) is 10.6 Å². The van der Waals surface area contributed by atoms with Crippen LogP contribution >= 0.6 is 0 Å². The van der Waals surface area contributed by atoms with Crippen molar-refractivity contribution in [1.82, 2.24) is 5.43 Å². The van der Waals surface area contributed by atoms with Crippen LogP contribution in [0.2, 0.25) is 0 Å². The fraction of sp³-hybridized carbons (Fsp3) is 0.182. The van der Waals surface area contributed by atoms with Crippen LogP contribution in [-0.4, -0.2) is 26.8 Å². The van der Waals surface area contributed by atoms with Crippen LogP contribution in [-0.2, 0) is 16.6 Å². The second-order valence-electron chi connectivity index (χ2n) is 6.95. The van der Waals surface area contributed by atoms with Crippen molar-refractivity contribution in [1.29, 1.82) is 0 Å². The van der Waals surface area contributed by atoms with Crippen molar-refractivity contribution in [2.24, 2.45) is 5.10 Å². The summed E-state index contributed by atoms with van der Waals surface area (Å²) in [5.41, 5.74) is 6.31. The highest BCUT2D eigenvalue weighted by Crippen LogP contribution is 2.23. The Labute approximate surface area is 176 Å². The predicted octanol–water partition coefficient (Wildman–Crippen LogP) is 3.63. The van der Waals surface area contributed by atoms with E-state index in [0.29, 0.717) is 17.0 Å². The van der Waals surface area contributed by atoms with E-state index in [0.717, 1.165) is 16.7 Å². The zero-order valence-electron chi connectivity index (χ0n) is 17.0. The summed E-state index contributed by atoms with van der Waals surface area (Å²) in [6.07, 6.45) is 4.10. The Kier molecular flexibility index (Phi) is 6.37. The van der Waals surface area contributed by atoms with Crippen LogP contribution < -0.4 is 9.73 Å². The van der Waals surface area contributed by atoms with E-state index in [1.807, 2.05) is 26.0 Å². The Morgan fingerprint density at radius 1 is 1.10 bits per heavy atom. The van der Waals surface area contributed by atoms with E-state index in [-0.39, 0.29) is 12.5 Å². The van der Waals surface area contributed by atoms with Gasteiger partial charge in [-0.1, -0.05) is 18.2 Å². The summed E-state index contributed by atoms with van der Waals surface area (Å²) in [5.74, 6) is 0.149. The molecule has 1 N–H and O–H groups in total. The minimum Gasteiger partial charge on any atom is -0.463 e. The molecule has 0 saturated carbocycles. The fourth-order valence-corrected chi connectivity index (χ4v) is 3.67. The molecule has 3 rings (SSSR count). The topological polar surface area (TPSA) is 92.0 Å². The maximum absolute atomic E-state index is 12.4. The molecule has 0 bridgehead atoms. The lowest BCUT2D eigenvalue weighted by Crippen LogP contribution is -2.29. The molecular weight excluding hydrogens is 402 g/mol. The van der Waals surface area contributed by atoms with Crippen molar-refractivity contribution in [2.45, 2.75) is 20.4 Å². The van der Waals surface area contributed by atoms with E-state index >= 15 is 0 Å². The lowest BCUT2D eigenvalue weighted by Gasteiger charge is -2.23. The summed E-state index contributed by atoms with van der Waals surface area (Å²) in [4.78, 5) is 12.2. The fourth-order valence-electron chi connectivity index (χ4n) is 2.79. The molecule has 0 aliphatic carbocycles. The van der Waals surface area contributed by atoms with Crippen LogP contribution in [0.25, 0.3) is 0 Å². The molecule has 1 amide bonds. The van der Waals surface area contributed by atoms with Crippen molar-refractivity contribution in [3.8, 4) is 0 Å². The number of sulfonamides is 1. The molecule has 0 radical (unpaired) electrons. The lowest BCUT2D eigenvalue weighted by atomic mass is 10.1. The zero-order chi connectivity index (χ0) is 21.7. The summed E-state index contributed by atoms with van der Waals surface area (Å²) in [7, 11) is -3.48. The molecule has 30 heavy (non-hydrogen) atoms. The van der Waals surface area contributed by atoms with Crippen LogP contribution in [0.5, 0.6) is 0 Å². The van der Waals surface area contributed by atoms with Crippen molar-refractivity contribution < 1.29 is 17.6 Å². The van der Waals surface area contributed by atoms with E-state index in [1.54, 1.807) is 42.5 Å². The largest absolute Gasteiger partial charge is 0.463 e. The van der Waals surface area contributed by atoms with Crippen LogP contribution in [0.4, 0.5) is 5.69 Å². The minimum absolute atomic E-state index is 0.167. The number of hydrogen-bond donors (Lipinski definition) is 1. The molecule has 0 fully saturated rings. The number of carbonyl (C=O) groups excluding carboxylic acids is 1. The number of amides is 1. The summed E-state index contributed by atoms with van der Waals surface area (Å²) in [5, 5.41) is 3.84. The number of anilines is 1. The quantitative estimate of drug-likeness (QED) is 0.462. The van der Waals surface area contributed by atoms with Crippen molar-refractivity contribution >= 4 is 27.8 Å². The molecule has 0 atom stereocenters. The maximum atomic E-state index is 12.4. The Bertz CT molecular complexity index is 1150. The molecule has 7 nitrogen and oxygen atoms in total. The van der Waals surface area contributed by atoms with Gasteiger partial charge in [-0.15, -0.1) is 0 Å². The standard InChI is InChI=1S/C22H23N3O4S/c1-16-6-11-20(13-17(16)2)25(30(3,27)28)15-18-7-9-19(10-8-18)22(26)24-23-14-21-5-4-12-29-21/h4-14H,15H2,1-3H3,(H,24,26)/b23-14-. The highest BCUT2D eigenvalue weighted by atomic mass is 32.2. The van der Waals surface area contributed by atoms with Gasteiger partial charge < -0.3 is 4.42 Å². The Balaban J connectivity index is 1.72. The third-order valence-electron chi connectivity index (χ3n) is 4.62. The zero-order valence-corrected chi connectivity index (χ0v) is 17.8. The van der Waals surface area contributed by atoms with Crippen molar-refractivity contribution in [3.63, 3.8) is 0 Å². The number of aryl methyl sites for hydroxylation is 2. The number of furan rings is 1. The first-order valence-corrected chi connectivity index (χ1v) is 11.1. The van der Waals surface area contributed by atoms with Gasteiger partial charge in [-0.05, 0) is 66.9 Å². The van der Waals surface area contributed by atoms with Gasteiger partial charge in [0, 0.05) is 5.56 Å². The summed E-state index contributed by atoms with van der Waals surface area (Å²) >= 11 is 0. The van der Waals surface area contributed by atoms with Gasteiger partial charge in [0.1, 0.15) is 5.76 Å². The van der Waals surface area contributed by atoms with Gasteiger partial charge in [0.05, 0.1) is 31.0 Å². The molecule has 0 aliphatic rings. The van der Waals surface area contributed by atoms with Gasteiger partial charge in [0.2, 0.25) is 10.0 Å². The highest BCUT2D eigenvalue weighted by Gasteiger charge is 2.18. The van der Waals surface area contributed by atoms with Crippen LogP contribution in [0.15, 0.2) is 70.4 Å².